The number of likely N-dealkylation sites (tertiary alicyclic amines) is 1. The predicted octanol–water partition coefficient (Wildman–Crippen LogP) is 1.38. The summed E-state index contributed by atoms with van der Waals surface area (Å²) in [5.74, 6) is 0.755. The molecule has 1 aliphatic heterocycles. The maximum absolute atomic E-state index is 11.7. The van der Waals surface area contributed by atoms with E-state index >= 15 is 0 Å². The van der Waals surface area contributed by atoms with Crippen LogP contribution in [0.3, 0.4) is 0 Å². The fourth-order valence-electron chi connectivity index (χ4n) is 2.18. The van der Waals surface area contributed by atoms with Gasteiger partial charge in [0.2, 0.25) is 0 Å². The summed E-state index contributed by atoms with van der Waals surface area (Å²) >= 11 is 0. The number of carbonyl (C=O) groups excluding carboxylic acids is 1. The molecule has 1 fully saturated rings. The van der Waals surface area contributed by atoms with E-state index in [-0.39, 0.29) is 6.03 Å². The van der Waals surface area contributed by atoms with Crippen molar-refractivity contribution in [2.75, 3.05) is 40.3 Å². The van der Waals surface area contributed by atoms with Crippen LogP contribution < -0.4 is 5.32 Å². The lowest BCUT2D eigenvalue weighted by molar-refractivity contribution is 0.160. The molecule has 1 saturated heterocycles. The molecule has 0 bridgehead atoms. The molecule has 16 heavy (non-hydrogen) atoms. The van der Waals surface area contributed by atoms with Gasteiger partial charge in [0.05, 0.1) is 0 Å². The van der Waals surface area contributed by atoms with E-state index in [0.717, 1.165) is 51.4 Å². The van der Waals surface area contributed by atoms with Crippen LogP contribution in [0.1, 0.15) is 26.2 Å². The Kier molecular flexibility index (Phi) is 5.60. The number of urea groups is 1. The molecule has 0 atom stereocenters. The molecule has 0 aromatic rings. The fourth-order valence-corrected chi connectivity index (χ4v) is 2.18. The van der Waals surface area contributed by atoms with Crippen LogP contribution in [-0.2, 0) is 0 Å². The van der Waals surface area contributed by atoms with Crippen molar-refractivity contribution in [2.45, 2.75) is 26.2 Å². The number of hydrogen-bond donors (Lipinski definition) is 1. The van der Waals surface area contributed by atoms with Gasteiger partial charge in [-0.2, -0.15) is 0 Å². The van der Waals surface area contributed by atoms with Gasteiger partial charge in [-0.1, -0.05) is 6.92 Å². The van der Waals surface area contributed by atoms with Gasteiger partial charge in [-0.3, -0.25) is 0 Å². The highest BCUT2D eigenvalue weighted by atomic mass is 16.2. The second kappa shape index (κ2) is 6.74. The van der Waals surface area contributed by atoms with Gasteiger partial charge in [-0.25, -0.2) is 4.79 Å². The third kappa shape index (κ3) is 4.39. The second-order valence-corrected chi connectivity index (χ2v) is 4.92. The molecule has 1 aliphatic rings. The van der Waals surface area contributed by atoms with E-state index in [2.05, 4.69) is 31.2 Å². The molecule has 0 aromatic carbocycles. The number of nitrogens with zero attached hydrogens (tertiary/aromatic N) is 2. The zero-order valence-electron chi connectivity index (χ0n) is 10.8. The summed E-state index contributed by atoms with van der Waals surface area (Å²) in [5, 5.41) is 2.93. The summed E-state index contributed by atoms with van der Waals surface area (Å²) in [7, 11) is 4.22. The summed E-state index contributed by atoms with van der Waals surface area (Å²) < 4.78 is 0. The number of hydrogen-bond acceptors (Lipinski definition) is 2. The number of amides is 2. The van der Waals surface area contributed by atoms with Crippen LogP contribution in [0.5, 0.6) is 0 Å². The molecule has 4 nitrogen and oxygen atoms in total. The lowest BCUT2D eigenvalue weighted by atomic mass is 9.97. The SMILES string of the molecule is CCCNC(=O)N1CCC(CN(C)C)CC1. The standard InChI is InChI=1S/C12H25N3O/c1-4-7-13-12(16)15-8-5-11(6-9-15)10-14(2)3/h11H,4-10H2,1-3H3,(H,13,16). The van der Waals surface area contributed by atoms with E-state index in [4.69, 9.17) is 0 Å². The van der Waals surface area contributed by atoms with Crippen molar-refractivity contribution in [3.05, 3.63) is 0 Å². The number of piperidine rings is 1. The molecule has 0 unspecified atom stereocenters. The summed E-state index contributed by atoms with van der Waals surface area (Å²) in [4.78, 5) is 15.9. The topological polar surface area (TPSA) is 35.6 Å². The van der Waals surface area contributed by atoms with Crippen molar-refractivity contribution < 1.29 is 4.79 Å². The molecule has 2 amide bonds. The molecule has 1 N–H and O–H groups in total. The Morgan fingerprint density at radius 3 is 2.50 bits per heavy atom. The average molecular weight is 227 g/mol. The van der Waals surface area contributed by atoms with Gasteiger partial charge in [0.25, 0.3) is 0 Å². The smallest absolute Gasteiger partial charge is 0.317 e. The van der Waals surface area contributed by atoms with Crippen molar-refractivity contribution in [3.8, 4) is 0 Å². The van der Waals surface area contributed by atoms with Gasteiger partial charge in [0.15, 0.2) is 0 Å². The molecular weight excluding hydrogens is 202 g/mol. The molecule has 1 heterocycles. The maximum atomic E-state index is 11.7. The van der Waals surface area contributed by atoms with Gasteiger partial charge in [-0.05, 0) is 39.3 Å². The zero-order valence-corrected chi connectivity index (χ0v) is 10.8. The molecule has 4 heteroatoms. The van der Waals surface area contributed by atoms with Crippen molar-refractivity contribution in [2.24, 2.45) is 5.92 Å². The monoisotopic (exact) mass is 227 g/mol. The van der Waals surface area contributed by atoms with Gasteiger partial charge in [0.1, 0.15) is 0 Å². The van der Waals surface area contributed by atoms with Gasteiger partial charge < -0.3 is 15.1 Å². The predicted molar refractivity (Wildman–Crippen MR) is 66.5 cm³/mol. The van der Waals surface area contributed by atoms with Crippen LogP contribution in [0, 0.1) is 5.92 Å². The first-order valence-electron chi connectivity index (χ1n) is 6.31. The first kappa shape index (κ1) is 13.3. The third-order valence-corrected chi connectivity index (χ3v) is 3.05. The number of nitrogens with one attached hydrogen (secondary N) is 1. The van der Waals surface area contributed by atoms with Crippen molar-refractivity contribution in [1.29, 1.82) is 0 Å². The van der Waals surface area contributed by atoms with Crippen LogP contribution in [0.25, 0.3) is 0 Å². The highest BCUT2D eigenvalue weighted by Crippen LogP contribution is 2.17. The van der Waals surface area contributed by atoms with E-state index in [1.54, 1.807) is 0 Å². The normalized spacial score (nSPS) is 17.9. The lowest BCUT2D eigenvalue weighted by Gasteiger charge is -2.33. The van der Waals surface area contributed by atoms with Crippen LogP contribution in [0.4, 0.5) is 4.79 Å². The molecule has 1 rings (SSSR count). The van der Waals surface area contributed by atoms with E-state index in [0.29, 0.717) is 0 Å². The average Bonchev–Trinajstić information content (AvgIpc) is 2.26. The summed E-state index contributed by atoms with van der Waals surface area (Å²) in [5.41, 5.74) is 0. The molecule has 0 aromatic heterocycles. The zero-order chi connectivity index (χ0) is 12.0. The second-order valence-electron chi connectivity index (χ2n) is 4.92. The van der Waals surface area contributed by atoms with Crippen molar-refractivity contribution in [3.63, 3.8) is 0 Å². The number of rotatable bonds is 4. The summed E-state index contributed by atoms with van der Waals surface area (Å²) in [6.07, 6.45) is 3.28. The van der Waals surface area contributed by atoms with Crippen molar-refractivity contribution >= 4 is 6.03 Å². The Bertz CT molecular complexity index is 210. The van der Waals surface area contributed by atoms with Gasteiger partial charge in [0, 0.05) is 26.2 Å². The third-order valence-electron chi connectivity index (χ3n) is 3.05. The minimum Gasteiger partial charge on any atom is -0.338 e. The van der Waals surface area contributed by atoms with Crippen LogP contribution in [0.15, 0.2) is 0 Å². The Morgan fingerprint density at radius 2 is 2.00 bits per heavy atom. The van der Waals surface area contributed by atoms with Gasteiger partial charge >= 0.3 is 6.03 Å². The van der Waals surface area contributed by atoms with E-state index in [9.17, 15) is 4.79 Å². The largest absolute Gasteiger partial charge is 0.338 e. The highest BCUT2D eigenvalue weighted by molar-refractivity contribution is 5.74. The van der Waals surface area contributed by atoms with E-state index in [1.165, 1.54) is 0 Å². The first-order valence-corrected chi connectivity index (χ1v) is 6.31. The quantitative estimate of drug-likeness (QED) is 0.787. The van der Waals surface area contributed by atoms with Gasteiger partial charge in [-0.15, -0.1) is 0 Å². The first-order chi connectivity index (χ1) is 7.63. The van der Waals surface area contributed by atoms with Crippen LogP contribution >= 0.6 is 0 Å². The van der Waals surface area contributed by atoms with Crippen molar-refractivity contribution in [1.82, 2.24) is 15.1 Å². The van der Waals surface area contributed by atoms with Crippen LogP contribution in [-0.4, -0.2) is 56.1 Å². The Morgan fingerprint density at radius 1 is 1.38 bits per heavy atom. The van der Waals surface area contributed by atoms with Crippen LogP contribution in [0.2, 0.25) is 0 Å². The minimum atomic E-state index is 0.116. The Balaban J connectivity index is 2.23. The fraction of sp³-hybridized carbons (Fsp3) is 0.917. The van der Waals surface area contributed by atoms with E-state index < -0.39 is 0 Å². The molecule has 0 spiro atoms. The maximum Gasteiger partial charge on any atom is 0.317 e. The summed E-state index contributed by atoms with van der Waals surface area (Å²) in [6.45, 7) is 5.83. The molecule has 94 valence electrons. The Hall–Kier alpha value is -0.770. The highest BCUT2D eigenvalue weighted by Gasteiger charge is 2.22. The molecular formula is C12H25N3O. The minimum absolute atomic E-state index is 0.116. The Labute approximate surface area is 99.0 Å². The molecule has 0 radical (unpaired) electrons. The molecule has 0 saturated carbocycles. The lowest BCUT2D eigenvalue weighted by Crippen LogP contribution is -2.45. The number of carbonyl (C=O) groups is 1. The summed E-state index contributed by atoms with van der Waals surface area (Å²) in [6, 6.07) is 0.116. The molecule has 0 aliphatic carbocycles. The van der Waals surface area contributed by atoms with E-state index in [1.807, 2.05) is 4.90 Å².